The highest BCUT2D eigenvalue weighted by molar-refractivity contribution is 5.85. The summed E-state index contributed by atoms with van der Waals surface area (Å²) in [6.07, 6.45) is 3.28. The third-order valence-corrected chi connectivity index (χ3v) is 3.78. The molecule has 2 rings (SSSR count). The largest absolute Gasteiger partial charge is 0.460 e. The lowest BCUT2D eigenvalue weighted by Crippen LogP contribution is -2.46. The minimum Gasteiger partial charge on any atom is -0.460 e. The van der Waals surface area contributed by atoms with Gasteiger partial charge in [-0.1, -0.05) is 31.5 Å². The lowest BCUT2D eigenvalue weighted by Gasteiger charge is -2.19. The maximum atomic E-state index is 12.2. The van der Waals surface area contributed by atoms with Crippen LogP contribution >= 0.6 is 0 Å². The molecule has 0 bridgehead atoms. The summed E-state index contributed by atoms with van der Waals surface area (Å²) in [7, 11) is 0. The average molecular weight is 304 g/mol. The monoisotopic (exact) mass is 304 g/mol. The first-order valence-electron chi connectivity index (χ1n) is 7.35. The van der Waals surface area contributed by atoms with Crippen LogP contribution < -0.4 is 0 Å². The Morgan fingerprint density at radius 2 is 2.14 bits per heavy atom. The van der Waals surface area contributed by atoms with E-state index in [0.717, 1.165) is 22.9 Å². The molecule has 6 nitrogen and oxygen atoms in total. The van der Waals surface area contributed by atoms with Crippen LogP contribution in [-0.4, -0.2) is 28.0 Å². The van der Waals surface area contributed by atoms with Crippen LogP contribution in [0.15, 0.2) is 30.5 Å². The molecule has 1 aromatic heterocycles. The molecular weight excluding hydrogens is 284 g/mol. The van der Waals surface area contributed by atoms with Crippen LogP contribution in [0.2, 0.25) is 0 Å². The van der Waals surface area contributed by atoms with Gasteiger partial charge in [-0.2, -0.15) is 0 Å². The van der Waals surface area contributed by atoms with Gasteiger partial charge in [-0.15, -0.1) is 0 Å². The molecule has 0 fully saturated rings. The van der Waals surface area contributed by atoms with E-state index in [1.54, 1.807) is 6.20 Å². The molecular formula is C16H20N2O4. The first-order valence-corrected chi connectivity index (χ1v) is 7.35. The van der Waals surface area contributed by atoms with Crippen molar-refractivity contribution in [3.05, 3.63) is 46.1 Å². The Bertz CT molecular complexity index is 680. The third kappa shape index (κ3) is 3.10. The zero-order valence-electron chi connectivity index (χ0n) is 12.8. The average Bonchev–Trinajstić information content (AvgIpc) is 2.90. The normalized spacial score (nSPS) is 13.7. The second-order valence-electron chi connectivity index (χ2n) is 5.56. The number of nitrogens with zero attached hydrogens (tertiary/aromatic N) is 1. The Kier molecular flexibility index (Phi) is 4.80. The van der Waals surface area contributed by atoms with E-state index in [2.05, 4.69) is 4.98 Å². The van der Waals surface area contributed by atoms with Gasteiger partial charge >= 0.3 is 11.5 Å². The number of fused-ring (bicyclic) bond motifs is 1. The van der Waals surface area contributed by atoms with Crippen molar-refractivity contribution in [3.63, 3.8) is 0 Å². The van der Waals surface area contributed by atoms with Crippen LogP contribution in [-0.2, 0) is 16.0 Å². The molecule has 0 aliphatic carbocycles. The summed E-state index contributed by atoms with van der Waals surface area (Å²) < 4.78 is 5.08. The van der Waals surface area contributed by atoms with Crippen molar-refractivity contribution >= 4 is 16.9 Å². The van der Waals surface area contributed by atoms with Gasteiger partial charge in [0.1, 0.15) is 0 Å². The van der Waals surface area contributed by atoms with E-state index in [9.17, 15) is 14.9 Å². The molecule has 0 aliphatic heterocycles. The fourth-order valence-electron chi connectivity index (χ4n) is 2.32. The first-order chi connectivity index (χ1) is 10.5. The number of H-pyrrole nitrogens is 1. The molecule has 0 radical (unpaired) electrons. The van der Waals surface area contributed by atoms with Crippen LogP contribution in [0.4, 0.5) is 0 Å². The second kappa shape index (κ2) is 6.60. The number of unbranched alkanes of at least 4 members (excludes halogenated alkanes) is 1. The molecule has 1 N–H and O–H groups in total. The highest BCUT2D eigenvalue weighted by Crippen LogP contribution is 2.25. The molecule has 0 amide bonds. The highest BCUT2D eigenvalue weighted by Gasteiger charge is 2.48. The lowest BCUT2D eigenvalue weighted by atomic mass is 9.93. The number of ether oxygens (including phenoxy) is 1. The zero-order valence-corrected chi connectivity index (χ0v) is 12.8. The molecule has 22 heavy (non-hydrogen) atoms. The van der Waals surface area contributed by atoms with Crippen LogP contribution in [0.1, 0.15) is 32.3 Å². The van der Waals surface area contributed by atoms with E-state index in [1.165, 1.54) is 6.92 Å². The maximum absolute atomic E-state index is 12.2. The topological polar surface area (TPSA) is 85.2 Å². The number of rotatable bonds is 7. The molecule has 1 aromatic carbocycles. The number of hydrogen-bond donors (Lipinski definition) is 1. The van der Waals surface area contributed by atoms with Crippen molar-refractivity contribution < 1.29 is 14.5 Å². The predicted octanol–water partition coefficient (Wildman–Crippen LogP) is 3.09. The number of benzene rings is 1. The summed E-state index contributed by atoms with van der Waals surface area (Å²) in [6.45, 7) is 3.50. The number of hydrogen-bond acceptors (Lipinski definition) is 4. The van der Waals surface area contributed by atoms with Gasteiger partial charge < -0.3 is 9.72 Å². The van der Waals surface area contributed by atoms with E-state index < -0.39 is 16.4 Å². The predicted molar refractivity (Wildman–Crippen MR) is 83.3 cm³/mol. The summed E-state index contributed by atoms with van der Waals surface area (Å²) >= 11 is 0. The first kappa shape index (κ1) is 16.0. The van der Waals surface area contributed by atoms with Crippen molar-refractivity contribution in [1.82, 2.24) is 4.98 Å². The van der Waals surface area contributed by atoms with E-state index in [0.29, 0.717) is 6.42 Å². The van der Waals surface area contributed by atoms with Gasteiger partial charge in [-0.05, 0) is 18.1 Å². The maximum Gasteiger partial charge on any atom is 0.384 e. The molecule has 0 saturated carbocycles. The Morgan fingerprint density at radius 1 is 1.41 bits per heavy atom. The van der Waals surface area contributed by atoms with Gasteiger partial charge in [0.2, 0.25) is 0 Å². The molecule has 6 heteroatoms. The molecule has 0 spiro atoms. The molecule has 1 heterocycles. The zero-order chi connectivity index (χ0) is 16.2. The molecule has 118 valence electrons. The number of aromatic amines is 1. The van der Waals surface area contributed by atoms with Crippen LogP contribution in [0.5, 0.6) is 0 Å². The standard InChI is InChI=1S/C16H20N2O4/c1-3-4-9-22-15(19)16(2,18(20)21)10-12-11-17-14-8-6-5-7-13(12)14/h5-8,11,17H,3-4,9-10H2,1-2H3. The Labute approximate surface area is 128 Å². The number of carbonyl (C=O) groups excluding carboxylic acids is 1. The smallest absolute Gasteiger partial charge is 0.384 e. The lowest BCUT2D eigenvalue weighted by molar-refractivity contribution is -0.550. The summed E-state index contributed by atoms with van der Waals surface area (Å²) in [5.41, 5.74) is -0.150. The number of aromatic nitrogens is 1. The van der Waals surface area contributed by atoms with Crippen LogP contribution in [0.25, 0.3) is 10.9 Å². The molecule has 1 unspecified atom stereocenters. The Hall–Kier alpha value is -2.37. The van der Waals surface area contributed by atoms with Gasteiger partial charge in [-0.3, -0.25) is 10.1 Å². The van der Waals surface area contributed by atoms with Crippen LogP contribution in [0, 0.1) is 10.1 Å². The van der Waals surface area contributed by atoms with Crippen molar-refractivity contribution in [3.8, 4) is 0 Å². The van der Waals surface area contributed by atoms with Gasteiger partial charge in [0.15, 0.2) is 0 Å². The number of nitrogens with one attached hydrogen (secondary N) is 1. The molecule has 2 aromatic rings. The van der Waals surface area contributed by atoms with E-state index in [1.807, 2.05) is 31.2 Å². The molecule has 0 saturated heterocycles. The minimum atomic E-state index is -1.78. The molecule has 0 aliphatic rings. The van der Waals surface area contributed by atoms with Crippen molar-refractivity contribution in [2.24, 2.45) is 0 Å². The summed E-state index contributed by atoms with van der Waals surface area (Å²) in [5, 5.41) is 12.3. The highest BCUT2D eigenvalue weighted by atomic mass is 16.6. The van der Waals surface area contributed by atoms with Gasteiger partial charge in [0.05, 0.1) is 13.0 Å². The summed E-state index contributed by atoms with van der Waals surface area (Å²) in [5.74, 6) is -0.781. The van der Waals surface area contributed by atoms with E-state index in [-0.39, 0.29) is 13.0 Å². The van der Waals surface area contributed by atoms with Crippen molar-refractivity contribution in [2.45, 2.75) is 38.6 Å². The third-order valence-electron chi connectivity index (χ3n) is 3.78. The quantitative estimate of drug-likeness (QED) is 0.368. The van der Waals surface area contributed by atoms with E-state index in [4.69, 9.17) is 4.74 Å². The fraction of sp³-hybridized carbons (Fsp3) is 0.438. The molecule has 1 atom stereocenters. The SMILES string of the molecule is CCCCOC(=O)C(C)(Cc1c[nH]c2ccccc12)[N+](=O)[O-]. The Morgan fingerprint density at radius 3 is 2.82 bits per heavy atom. The van der Waals surface area contributed by atoms with Crippen molar-refractivity contribution in [1.29, 1.82) is 0 Å². The minimum absolute atomic E-state index is 0.00499. The summed E-state index contributed by atoms with van der Waals surface area (Å²) in [4.78, 5) is 26.1. The number of para-hydroxylation sites is 1. The second-order valence-corrected chi connectivity index (χ2v) is 5.56. The summed E-state index contributed by atoms with van der Waals surface area (Å²) in [6, 6.07) is 7.52. The van der Waals surface area contributed by atoms with Gasteiger partial charge in [0, 0.05) is 28.9 Å². The number of esters is 1. The van der Waals surface area contributed by atoms with Gasteiger partial charge in [0.25, 0.3) is 0 Å². The number of nitro groups is 1. The van der Waals surface area contributed by atoms with E-state index >= 15 is 0 Å². The Balaban J connectivity index is 2.24. The number of carbonyl (C=O) groups is 1. The fourth-order valence-corrected chi connectivity index (χ4v) is 2.32. The van der Waals surface area contributed by atoms with Crippen LogP contribution in [0.3, 0.4) is 0 Å². The van der Waals surface area contributed by atoms with Crippen molar-refractivity contribution in [2.75, 3.05) is 6.61 Å². The van der Waals surface area contributed by atoms with Gasteiger partial charge in [-0.25, -0.2) is 4.79 Å².